The van der Waals surface area contributed by atoms with Gasteiger partial charge in [0.05, 0.1) is 0 Å². The molecule has 0 aliphatic rings. The van der Waals surface area contributed by atoms with Gasteiger partial charge in [0.25, 0.3) is 0 Å². The lowest BCUT2D eigenvalue weighted by Gasteiger charge is -2.02. The smallest absolute Gasteiger partial charge is 0.136 e. The third kappa shape index (κ3) is 1.48. The van der Waals surface area contributed by atoms with Crippen molar-refractivity contribution >= 4 is 34.1 Å². The molecular weight excluding hydrogens is 220 g/mol. The molecule has 0 N–H and O–H groups in total. The van der Waals surface area contributed by atoms with Crippen LogP contribution >= 0.6 is 0 Å². The Morgan fingerprint density at radius 2 is 1.89 bits per heavy atom. The van der Waals surface area contributed by atoms with Gasteiger partial charge in [-0.05, 0) is 30.2 Å². The van der Waals surface area contributed by atoms with Crippen LogP contribution in [0.3, 0.4) is 0 Å². The third-order valence-corrected chi connectivity index (χ3v) is 3.17. The van der Waals surface area contributed by atoms with Crippen LogP contribution in [0.25, 0.3) is 34.1 Å². The van der Waals surface area contributed by atoms with Crippen LogP contribution in [-0.2, 0) is 0 Å². The molecule has 0 amide bonds. The number of hydrogen-bond acceptors (Lipinski definition) is 1. The Bertz CT molecular complexity index is 760. The zero-order chi connectivity index (χ0) is 12.5. The summed E-state index contributed by atoms with van der Waals surface area (Å²) in [6.45, 7) is 5.95. The normalized spacial score (nSPS) is 11.6. The lowest BCUT2D eigenvalue weighted by atomic mass is 10.0. The molecule has 18 heavy (non-hydrogen) atoms. The lowest BCUT2D eigenvalue weighted by Crippen LogP contribution is -1.81. The predicted molar refractivity (Wildman–Crippen MR) is 78.5 cm³/mol. The largest absolute Gasteiger partial charge is 0.456 e. The van der Waals surface area contributed by atoms with Crippen LogP contribution < -0.4 is 0 Å². The summed E-state index contributed by atoms with van der Waals surface area (Å²) in [5.41, 5.74) is 4.15. The van der Waals surface area contributed by atoms with Crippen LogP contribution in [0.2, 0.25) is 0 Å². The molecule has 0 saturated heterocycles. The molecule has 0 saturated carbocycles. The third-order valence-electron chi connectivity index (χ3n) is 3.17. The van der Waals surface area contributed by atoms with Crippen molar-refractivity contribution in [2.75, 3.05) is 0 Å². The summed E-state index contributed by atoms with van der Waals surface area (Å²) >= 11 is 0. The summed E-state index contributed by atoms with van der Waals surface area (Å²) in [7, 11) is 0. The van der Waals surface area contributed by atoms with Crippen LogP contribution in [-0.4, -0.2) is 0 Å². The summed E-state index contributed by atoms with van der Waals surface area (Å²) in [4.78, 5) is 0. The Balaban J connectivity index is 2.52. The highest BCUT2D eigenvalue weighted by atomic mass is 16.3. The first-order valence-electron chi connectivity index (χ1n) is 6.04. The summed E-state index contributed by atoms with van der Waals surface area (Å²) in [6, 6.07) is 12.2. The highest BCUT2D eigenvalue weighted by Crippen LogP contribution is 2.33. The summed E-state index contributed by atoms with van der Waals surface area (Å²) in [5, 5.41) is 2.30. The highest BCUT2D eigenvalue weighted by Gasteiger charge is 2.11. The molecule has 2 aromatic carbocycles. The average molecular weight is 234 g/mol. The SMILES string of the molecule is C=Cc1c(/C=C\C)ccc2oc3ccccc3c12. The summed E-state index contributed by atoms with van der Waals surface area (Å²) in [5.74, 6) is 0. The maximum atomic E-state index is 5.86. The van der Waals surface area contributed by atoms with Crippen LogP contribution in [0, 0.1) is 0 Å². The maximum Gasteiger partial charge on any atom is 0.136 e. The van der Waals surface area contributed by atoms with Gasteiger partial charge in [-0.15, -0.1) is 0 Å². The van der Waals surface area contributed by atoms with Gasteiger partial charge in [-0.3, -0.25) is 0 Å². The van der Waals surface area contributed by atoms with Gasteiger partial charge in [0, 0.05) is 10.8 Å². The quantitative estimate of drug-likeness (QED) is 0.589. The fraction of sp³-hybridized carbons (Fsp3) is 0.0588. The molecule has 1 heteroatoms. The molecule has 3 aromatic rings. The topological polar surface area (TPSA) is 13.1 Å². The summed E-state index contributed by atoms with van der Waals surface area (Å²) in [6.07, 6.45) is 6.04. The highest BCUT2D eigenvalue weighted by molar-refractivity contribution is 6.10. The zero-order valence-electron chi connectivity index (χ0n) is 10.3. The lowest BCUT2D eigenvalue weighted by molar-refractivity contribution is 0.669. The van der Waals surface area contributed by atoms with Crippen molar-refractivity contribution in [2.24, 2.45) is 0 Å². The van der Waals surface area contributed by atoms with E-state index in [1.54, 1.807) is 0 Å². The van der Waals surface area contributed by atoms with Crippen LogP contribution in [0.5, 0.6) is 0 Å². The van der Waals surface area contributed by atoms with Crippen LogP contribution in [0.1, 0.15) is 18.1 Å². The number of allylic oxidation sites excluding steroid dienone is 1. The Hall–Kier alpha value is -2.28. The van der Waals surface area contributed by atoms with Gasteiger partial charge in [0.15, 0.2) is 0 Å². The van der Waals surface area contributed by atoms with E-state index in [2.05, 4.69) is 24.8 Å². The van der Waals surface area contributed by atoms with Crippen LogP contribution in [0.4, 0.5) is 0 Å². The standard InChI is InChI=1S/C17H14O/c1-3-7-12-10-11-16-17(13(12)4-2)14-8-5-6-9-15(14)18-16/h3-11H,2H2,1H3/b7-3-. The van der Waals surface area contributed by atoms with E-state index in [0.29, 0.717) is 0 Å². The second-order valence-corrected chi connectivity index (χ2v) is 4.24. The van der Waals surface area contributed by atoms with E-state index in [4.69, 9.17) is 4.42 Å². The molecule has 0 bridgehead atoms. The number of para-hydroxylation sites is 1. The Morgan fingerprint density at radius 3 is 2.67 bits per heavy atom. The van der Waals surface area contributed by atoms with Crippen molar-refractivity contribution in [3.8, 4) is 0 Å². The Morgan fingerprint density at radius 1 is 1.06 bits per heavy atom. The van der Waals surface area contributed by atoms with E-state index >= 15 is 0 Å². The molecule has 0 unspecified atom stereocenters. The molecule has 0 radical (unpaired) electrons. The van der Waals surface area contributed by atoms with Gasteiger partial charge in [-0.2, -0.15) is 0 Å². The number of benzene rings is 2. The molecule has 0 aliphatic carbocycles. The van der Waals surface area contributed by atoms with E-state index in [1.807, 2.05) is 43.3 Å². The maximum absolute atomic E-state index is 5.86. The molecule has 0 atom stereocenters. The second kappa shape index (κ2) is 4.19. The molecule has 1 nitrogen and oxygen atoms in total. The molecular formula is C17H14O. The first kappa shape index (κ1) is 10.8. The monoisotopic (exact) mass is 234 g/mol. The van der Waals surface area contributed by atoms with Crippen LogP contribution in [0.15, 0.2) is 53.5 Å². The first-order chi connectivity index (χ1) is 8.85. The Kier molecular flexibility index (Phi) is 2.52. The van der Waals surface area contributed by atoms with E-state index in [-0.39, 0.29) is 0 Å². The van der Waals surface area contributed by atoms with Crippen molar-refractivity contribution < 1.29 is 4.42 Å². The van der Waals surface area contributed by atoms with E-state index < -0.39 is 0 Å². The molecule has 88 valence electrons. The molecule has 0 spiro atoms. The number of hydrogen-bond donors (Lipinski definition) is 0. The average Bonchev–Trinajstić information content (AvgIpc) is 2.78. The minimum absolute atomic E-state index is 0.916. The van der Waals surface area contributed by atoms with Crippen molar-refractivity contribution in [3.63, 3.8) is 0 Å². The first-order valence-corrected chi connectivity index (χ1v) is 6.04. The van der Waals surface area contributed by atoms with Crippen molar-refractivity contribution in [1.29, 1.82) is 0 Å². The molecule has 1 aromatic heterocycles. The molecule has 3 rings (SSSR count). The van der Waals surface area contributed by atoms with Crippen molar-refractivity contribution in [1.82, 2.24) is 0 Å². The van der Waals surface area contributed by atoms with E-state index in [0.717, 1.165) is 27.5 Å². The zero-order valence-corrected chi connectivity index (χ0v) is 10.3. The number of rotatable bonds is 2. The van der Waals surface area contributed by atoms with Crippen molar-refractivity contribution in [3.05, 3.63) is 60.2 Å². The van der Waals surface area contributed by atoms with Gasteiger partial charge in [-0.25, -0.2) is 0 Å². The minimum atomic E-state index is 0.916. The molecule has 0 fully saturated rings. The minimum Gasteiger partial charge on any atom is -0.456 e. The molecule has 1 heterocycles. The fourth-order valence-corrected chi connectivity index (χ4v) is 2.40. The van der Waals surface area contributed by atoms with Crippen molar-refractivity contribution in [2.45, 2.75) is 6.92 Å². The predicted octanol–water partition coefficient (Wildman–Crippen LogP) is 5.26. The number of fused-ring (bicyclic) bond motifs is 3. The summed E-state index contributed by atoms with van der Waals surface area (Å²) < 4.78 is 5.86. The van der Waals surface area contributed by atoms with Gasteiger partial charge < -0.3 is 4.42 Å². The van der Waals surface area contributed by atoms with Gasteiger partial charge in [0.1, 0.15) is 11.2 Å². The van der Waals surface area contributed by atoms with E-state index in [9.17, 15) is 0 Å². The van der Waals surface area contributed by atoms with Gasteiger partial charge >= 0.3 is 0 Å². The Labute approximate surface area is 106 Å². The van der Waals surface area contributed by atoms with Gasteiger partial charge in [-0.1, -0.05) is 49.1 Å². The fourth-order valence-electron chi connectivity index (χ4n) is 2.40. The second-order valence-electron chi connectivity index (χ2n) is 4.24. The van der Waals surface area contributed by atoms with E-state index in [1.165, 1.54) is 5.56 Å². The number of furan rings is 1. The van der Waals surface area contributed by atoms with Gasteiger partial charge in [0.2, 0.25) is 0 Å². The molecule has 0 aliphatic heterocycles.